The van der Waals surface area contributed by atoms with Crippen molar-refractivity contribution in [3.63, 3.8) is 0 Å². The number of Topliss-reactive ketones (excluding diaryl/α,β-unsaturated/α-hetero) is 1. The van der Waals surface area contributed by atoms with Gasteiger partial charge < -0.3 is 14.3 Å². The number of nitrogens with zero attached hydrogens (tertiary/aromatic N) is 1. The van der Waals surface area contributed by atoms with E-state index in [-0.39, 0.29) is 22.4 Å². The maximum absolute atomic E-state index is 13.4. The molecule has 30 heavy (non-hydrogen) atoms. The van der Waals surface area contributed by atoms with Crippen LogP contribution in [0.3, 0.4) is 0 Å². The SMILES string of the molecule is [C-]#[N+]C1C[C@@]2(C)C(=CC[C@@H]3[C@@H]2CC[C@@]2(C)[C@H]3CCC23OCCO3)C2(CC=CC2)C1=O. The molecule has 5 aliphatic carbocycles. The van der Waals surface area contributed by atoms with E-state index in [9.17, 15) is 4.79 Å². The van der Waals surface area contributed by atoms with Crippen molar-refractivity contribution in [3.05, 3.63) is 35.2 Å². The minimum atomic E-state index is -0.476. The van der Waals surface area contributed by atoms with Crippen LogP contribution in [-0.2, 0) is 14.3 Å². The van der Waals surface area contributed by atoms with E-state index < -0.39 is 11.5 Å². The minimum Gasteiger partial charge on any atom is -0.347 e. The molecule has 6 rings (SSSR count). The molecule has 0 aromatic rings. The Morgan fingerprint density at radius 2 is 1.77 bits per heavy atom. The fourth-order valence-electron chi connectivity index (χ4n) is 9.11. The van der Waals surface area contributed by atoms with Gasteiger partial charge in [0.05, 0.1) is 18.6 Å². The Balaban J connectivity index is 1.42. The van der Waals surface area contributed by atoms with Crippen LogP contribution < -0.4 is 0 Å². The summed E-state index contributed by atoms with van der Waals surface area (Å²) in [5.74, 6) is 1.59. The van der Waals surface area contributed by atoms with Crippen LogP contribution in [-0.4, -0.2) is 30.8 Å². The zero-order chi connectivity index (χ0) is 20.8. The number of ether oxygens (including phenoxy) is 2. The highest BCUT2D eigenvalue weighted by atomic mass is 16.7. The van der Waals surface area contributed by atoms with Gasteiger partial charge in [-0.25, -0.2) is 6.57 Å². The first kappa shape index (κ1) is 19.3. The maximum Gasteiger partial charge on any atom is 0.282 e. The zero-order valence-corrected chi connectivity index (χ0v) is 18.3. The number of ketones is 1. The second kappa shape index (κ2) is 6.08. The lowest BCUT2D eigenvalue weighted by Gasteiger charge is -2.60. The summed E-state index contributed by atoms with van der Waals surface area (Å²) in [6.07, 6.45) is 14.7. The minimum absolute atomic E-state index is 0.0352. The van der Waals surface area contributed by atoms with Crippen LogP contribution in [0.1, 0.15) is 65.2 Å². The number of carbonyl (C=O) groups excluding carboxylic acids is 1. The van der Waals surface area contributed by atoms with E-state index in [0.717, 1.165) is 51.7 Å². The molecule has 3 saturated carbocycles. The molecule has 1 saturated heterocycles. The molecule has 1 unspecified atom stereocenters. The number of hydrogen-bond acceptors (Lipinski definition) is 3. The molecule has 1 aliphatic heterocycles. The van der Waals surface area contributed by atoms with Gasteiger partial charge in [-0.1, -0.05) is 37.6 Å². The van der Waals surface area contributed by atoms with Crippen molar-refractivity contribution in [3.8, 4) is 0 Å². The summed E-state index contributed by atoms with van der Waals surface area (Å²) >= 11 is 0. The summed E-state index contributed by atoms with van der Waals surface area (Å²) in [4.78, 5) is 17.3. The van der Waals surface area contributed by atoms with Crippen molar-refractivity contribution >= 4 is 5.78 Å². The van der Waals surface area contributed by atoms with E-state index in [2.05, 4.69) is 36.9 Å². The lowest BCUT2D eigenvalue weighted by molar-refractivity contribution is -0.242. The van der Waals surface area contributed by atoms with Gasteiger partial charge in [0.25, 0.3) is 6.04 Å². The molecule has 0 amide bonds. The Morgan fingerprint density at radius 1 is 1.07 bits per heavy atom. The molecule has 6 aliphatic rings. The molecule has 6 atom stereocenters. The van der Waals surface area contributed by atoms with Crippen LogP contribution in [0.15, 0.2) is 23.8 Å². The topological polar surface area (TPSA) is 39.9 Å². The third-order valence-electron chi connectivity index (χ3n) is 10.4. The van der Waals surface area contributed by atoms with E-state index in [1.54, 1.807) is 0 Å². The first-order valence-electron chi connectivity index (χ1n) is 12.0. The fraction of sp³-hybridized carbons (Fsp3) is 0.769. The number of allylic oxidation sites excluding steroid dienone is 4. The summed E-state index contributed by atoms with van der Waals surface area (Å²) in [7, 11) is 0. The molecule has 0 aromatic heterocycles. The van der Waals surface area contributed by atoms with Crippen molar-refractivity contribution in [1.82, 2.24) is 0 Å². The summed E-state index contributed by atoms with van der Waals surface area (Å²) in [6, 6.07) is -0.476. The highest BCUT2D eigenvalue weighted by Gasteiger charge is 2.69. The van der Waals surface area contributed by atoms with E-state index in [0.29, 0.717) is 24.2 Å². The van der Waals surface area contributed by atoms with Gasteiger partial charge in [-0.2, -0.15) is 0 Å². The predicted octanol–water partition coefficient (Wildman–Crippen LogP) is 5.11. The van der Waals surface area contributed by atoms with Crippen molar-refractivity contribution in [1.29, 1.82) is 0 Å². The first-order valence-corrected chi connectivity index (χ1v) is 12.0. The van der Waals surface area contributed by atoms with Gasteiger partial charge in [-0.3, -0.25) is 4.79 Å². The molecule has 4 nitrogen and oxygen atoms in total. The van der Waals surface area contributed by atoms with Crippen molar-refractivity contribution in [2.45, 2.75) is 77.0 Å². The molecule has 0 radical (unpaired) electrons. The fourth-order valence-corrected chi connectivity index (χ4v) is 9.11. The molecule has 0 N–H and O–H groups in total. The highest BCUT2D eigenvalue weighted by molar-refractivity contribution is 5.96. The Bertz CT molecular complexity index is 882. The normalized spacial score (nSPS) is 47.6. The summed E-state index contributed by atoms with van der Waals surface area (Å²) in [6.45, 7) is 14.1. The second-order valence-corrected chi connectivity index (χ2v) is 11.3. The standard InChI is InChI=1S/C26H33NO3/c1-23-16-20(27-3)22(28)25(10-4-5-11-25)21(23)7-6-17-18(23)8-12-24(2)19(17)9-13-26(24)29-14-15-30-26/h4-5,7,17-20H,6,8-16H2,1-2H3/t17-,18+,19+,20?,23-,24+/m1/s1. The number of carbonyl (C=O) groups is 1. The predicted molar refractivity (Wildman–Crippen MR) is 113 cm³/mol. The van der Waals surface area contributed by atoms with E-state index in [1.165, 1.54) is 12.0 Å². The Kier molecular flexibility index (Phi) is 3.90. The summed E-state index contributed by atoms with van der Waals surface area (Å²) in [5.41, 5.74) is 1.01. The number of hydrogen-bond donors (Lipinski definition) is 0. The molecular weight excluding hydrogens is 374 g/mol. The third kappa shape index (κ3) is 2.07. The van der Waals surface area contributed by atoms with E-state index >= 15 is 0 Å². The third-order valence-corrected chi connectivity index (χ3v) is 10.4. The lowest BCUT2D eigenvalue weighted by atomic mass is 9.43. The van der Waals surface area contributed by atoms with E-state index in [1.807, 2.05) is 0 Å². The molecular formula is C26H33NO3. The average Bonchev–Trinajstić information content (AvgIpc) is 3.47. The van der Waals surface area contributed by atoms with Gasteiger partial charge in [-0.15, -0.1) is 0 Å². The molecule has 160 valence electrons. The van der Waals surface area contributed by atoms with Gasteiger partial charge in [0.2, 0.25) is 5.78 Å². The maximum atomic E-state index is 13.4. The van der Waals surface area contributed by atoms with Crippen LogP contribution in [0.25, 0.3) is 4.85 Å². The molecule has 4 fully saturated rings. The average molecular weight is 408 g/mol. The van der Waals surface area contributed by atoms with Gasteiger partial charge in [0, 0.05) is 23.7 Å². The van der Waals surface area contributed by atoms with Crippen LogP contribution >= 0.6 is 0 Å². The second-order valence-electron chi connectivity index (χ2n) is 11.3. The van der Waals surface area contributed by atoms with Crippen molar-refractivity contribution < 1.29 is 14.3 Å². The molecule has 0 aromatic carbocycles. The molecule has 2 spiro atoms. The van der Waals surface area contributed by atoms with E-state index in [4.69, 9.17) is 16.0 Å². The largest absolute Gasteiger partial charge is 0.347 e. The Morgan fingerprint density at radius 3 is 2.47 bits per heavy atom. The summed E-state index contributed by atoms with van der Waals surface area (Å²) in [5, 5.41) is 0. The Hall–Kier alpha value is -1.44. The quantitative estimate of drug-likeness (QED) is 0.414. The molecule has 1 heterocycles. The van der Waals surface area contributed by atoms with Crippen LogP contribution in [0.5, 0.6) is 0 Å². The highest BCUT2D eigenvalue weighted by Crippen LogP contribution is 2.70. The van der Waals surface area contributed by atoms with Crippen LogP contribution in [0, 0.1) is 40.6 Å². The number of fused-ring (bicyclic) bond motifs is 7. The smallest absolute Gasteiger partial charge is 0.282 e. The van der Waals surface area contributed by atoms with Gasteiger partial charge in [0.15, 0.2) is 5.79 Å². The van der Waals surface area contributed by atoms with Crippen molar-refractivity contribution in [2.75, 3.05) is 13.2 Å². The van der Waals surface area contributed by atoms with Gasteiger partial charge in [-0.05, 0) is 56.3 Å². The zero-order valence-electron chi connectivity index (χ0n) is 18.3. The van der Waals surface area contributed by atoms with Crippen LogP contribution in [0.4, 0.5) is 0 Å². The summed E-state index contributed by atoms with van der Waals surface area (Å²) < 4.78 is 12.6. The van der Waals surface area contributed by atoms with Gasteiger partial charge in [0.1, 0.15) is 0 Å². The van der Waals surface area contributed by atoms with Crippen LogP contribution in [0.2, 0.25) is 0 Å². The first-order chi connectivity index (χ1) is 14.4. The van der Waals surface area contributed by atoms with Gasteiger partial charge >= 0.3 is 0 Å². The molecule has 4 heteroatoms. The number of rotatable bonds is 0. The Labute approximate surface area is 179 Å². The molecule has 0 bridgehead atoms. The lowest BCUT2D eigenvalue weighted by Crippen LogP contribution is -2.59. The van der Waals surface area contributed by atoms with Crippen molar-refractivity contribution in [2.24, 2.45) is 34.0 Å². The monoisotopic (exact) mass is 407 g/mol.